The zero-order valence-corrected chi connectivity index (χ0v) is 11.4. The van der Waals surface area contributed by atoms with Gasteiger partial charge in [-0.25, -0.2) is 0 Å². The molecule has 1 N–H and O–H groups in total. The van der Waals surface area contributed by atoms with Crippen LogP contribution in [0.5, 0.6) is 0 Å². The summed E-state index contributed by atoms with van der Waals surface area (Å²) in [5.74, 6) is -0.793. The third kappa shape index (κ3) is 1.78. The predicted octanol–water partition coefficient (Wildman–Crippen LogP) is 1.12. The Labute approximate surface area is 112 Å². The molecule has 0 fully saturated rings. The first-order valence-corrected chi connectivity index (χ1v) is 7.83. The van der Waals surface area contributed by atoms with Crippen LogP contribution in [0.4, 0.5) is 5.69 Å². The van der Waals surface area contributed by atoms with E-state index < -0.39 is 21.3 Å². The van der Waals surface area contributed by atoms with Crippen molar-refractivity contribution in [1.82, 2.24) is 0 Å². The van der Waals surface area contributed by atoms with Crippen LogP contribution in [-0.4, -0.2) is 31.2 Å². The number of amides is 1. The fraction of sp³-hybridized carbons (Fsp3) is 0.462. The minimum absolute atomic E-state index is 0.229. The van der Waals surface area contributed by atoms with Crippen molar-refractivity contribution in [3.8, 4) is 0 Å². The number of hydrogen-bond acceptors (Lipinski definition) is 3. The minimum atomic E-state index is -4.21. The summed E-state index contributed by atoms with van der Waals surface area (Å²) in [5.41, 5.74) is 1.47. The first-order valence-electron chi connectivity index (χ1n) is 6.22. The fourth-order valence-corrected chi connectivity index (χ4v) is 4.23. The van der Waals surface area contributed by atoms with Gasteiger partial charge >= 0.3 is 0 Å². The molecule has 6 heteroatoms. The number of nitrogens with zero attached hydrogens (tertiary/aromatic N) is 1. The predicted molar refractivity (Wildman–Crippen MR) is 70.9 cm³/mol. The van der Waals surface area contributed by atoms with Gasteiger partial charge in [0, 0.05) is 6.54 Å². The number of rotatable bonds is 2. The van der Waals surface area contributed by atoms with E-state index in [1.54, 1.807) is 17.9 Å². The van der Waals surface area contributed by atoms with E-state index >= 15 is 0 Å². The SMILES string of the molecule is CC1(CS(=O)(=O)O)C(=O)N2CCCc3cccc1c32. The Kier molecular flexibility index (Phi) is 2.53. The minimum Gasteiger partial charge on any atom is -0.311 e. The second kappa shape index (κ2) is 3.80. The average Bonchev–Trinajstić information content (AvgIpc) is 2.52. The number of aryl methyl sites for hydroxylation is 1. The van der Waals surface area contributed by atoms with E-state index in [0.717, 1.165) is 24.1 Å². The second-order valence-electron chi connectivity index (χ2n) is 5.43. The second-order valence-corrected chi connectivity index (χ2v) is 6.88. The van der Waals surface area contributed by atoms with Gasteiger partial charge in [-0.3, -0.25) is 9.35 Å². The van der Waals surface area contributed by atoms with Gasteiger partial charge in [0.25, 0.3) is 10.1 Å². The molecule has 102 valence electrons. The zero-order valence-electron chi connectivity index (χ0n) is 10.6. The molecular formula is C13H15NO4S. The molecule has 2 heterocycles. The van der Waals surface area contributed by atoms with Crippen LogP contribution in [0.3, 0.4) is 0 Å². The molecule has 2 aliphatic rings. The van der Waals surface area contributed by atoms with E-state index in [1.807, 2.05) is 12.1 Å². The van der Waals surface area contributed by atoms with Crippen LogP contribution in [0.25, 0.3) is 0 Å². The summed E-state index contributed by atoms with van der Waals surface area (Å²) < 4.78 is 31.6. The summed E-state index contributed by atoms with van der Waals surface area (Å²) in [7, 11) is -4.21. The van der Waals surface area contributed by atoms with Crippen molar-refractivity contribution in [3.63, 3.8) is 0 Å². The van der Waals surface area contributed by atoms with E-state index in [2.05, 4.69) is 0 Å². The summed E-state index contributed by atoms with van der Waals surface area (Å²) in [4.78, 5) is 14.2. The molecular weight excluding hydrogens is 266 g/mol. The van der Waals surface area contributed by atoms with E-state index in [4.69, 9.17) is 4.55 Å². The Hall–Kier alpha value is -1.40. The van der Waals surface area contributed by atoms with Gasteiger partial charge in [0.15, 0.2) is 0 Å². The van der Waals surface area contributed by atoms with Gasteiger partial charge in [0.05, 0.1) is 16.9 Å². The molecule has 0 saturated heterocycles. The van der Waals surface area contributed by atoms with Gasteiger partial charge in [-0.15, -0.1) is 0 Å². The standard InChI is InChI=1S/C13H15NO4S/c1-13(8-19(16,17)18)10-6-2-4-9-5-3-7-14(11(9)10)12(13)15/h2,4,6H,3,5,7-8H2,1H3,(H,16,17,18). The van der Waals surface area contributed by atoms with Gasteiger partial charge in [-0.05, 0) is 30.9 Å². The average molecular weight is 281 g/mol. The number of carbonyl (C=O) groups is 1. The van der Waals surface area contributed by atoms with Crippen molar-refractivity contribution in [2.45, 2.75) is 25.2 Å². The Morgan fingerprint density at radius 1 is 1.42 bits per heavy atom. The summed E-state index contributed by atoms with van der Waals surface area (Å²) in [6.07, 6.45) is 1.78. The fourth-order valence-electron chi connectivity index (χ4n) is 3.22. The Balaban J connectivity index is 2.21. The molecule has 0 spiro atoms. The van der Waals surface area contributed by atoms with Crippen LogP contribution in [0.2, 0.25) is 0 Å². The molecule has 0 radical (unpaired) electrons. The Bertz CT molecular complexity index is 667. The molecule has 0 bridgehead atoms. The van der Waals surface area contributed by atoms with Crippen molar-refractivity contribution in [1.29, 1.82) is 0 Å². The maximum Gasteiger partial charge on any atom is 0.266 e. The third-order valence-corrected chi connectivity index (χ3v) is 4.94. The van der Waals surface area contributed by atoms with Gasteiger partial charge in [0.1, 0.15) is 0 Å². The molecule has 0 aliphatic carbocycles. The number of para-hydroxylation sites is 1. The highest BCUT2D eigenvalue weighted by Crippen LogP contribution is 2.46. The van der Waals surface area contributed by atoms with Crippen molar-refractivity contribution >= 4 is 21.7 Å². The molecule has 1 unspecified atom stereocenters. The lowest BCUT2D eigenvalue weighted by Crippen LogP contribution is -2.43. The van der Waals surface area contributed by atoms with Crippen LogP contribution >= 0.6 is 0 Å². The van der Waals surface area contributed by atoms with Gasteiger partial charge < -0.3 is 4.90 Å². The molecule has 3 rings (SSSR count). The maximum absolute atomic E-state index is 12.5. The van der Waals surface area contributed by atoms with Crippen molar-refractivity contribution in [2.24, 2.45) is 0 Å². The zero-order chi connectivity index (χ0) is 13.8. The molecule has 0 aromatic heterocycles. The lowest BCUT2D eigenvalue weighted by atomic mass is 9.85. The lowest BCUT2D eigenvalue weighted by molar-refractivity contribution is -0.122. The van der Waals surface area contributed by atoms with Crippen LogP contribution in [0, 0.1) is 0 Å². The van der Waals surface area contributed by atoms with Crippen LogP contribution in [0.15, 0.2) is 18.2 Å². The highest BCUT2D eigenvalue weighted by molar-refractivity contribution is 7.85. The number of benzene rings is 1. The molecule has 1 atom stereocenters. The van der Waals surface area contributed by atoms with E-state index in [-0.39, 0.29) is 5.91 Å². The normalized spacial score (nSPS) is 25.6. The topological polar surface area (TPSA) is 74.7 Å². The first kappa shape index (κ1) is 12.6. The van der Waals surface area contributed by atoms with Crippen molar-refractivity contribution < 1.29 is 17.8 Å². The van der Waals surface area contributed by atoms with E-state index in [1.165, 1.54) is 0 Å². The van der Waals surface area contributed by atoms with Crippen LogP contribution in [0.1, 0.15) is 24.5 Å². The molecule has 1 aromatic carbocycles. The first-order chi connectivity index (χ1) is 8.83. The van der Waals surface area contributed by atoms with Crippen LogP contribution in [-0.2, 0) is 26.7 Å². The largest absolute Gasteiger partial charge is 0.311 e. The highest BCUT2D eigenvalue weighted by Gasteiger charge is 2.50. The number of anilines is 1. The molecule has 19 heavy (non-hydrogen) atoms. The quantitative estimate of drug-likeness (QED) is 0.824. The summed E-state index contributed by atoms with van der Waals surface area (Å²) in [6.45, 7) is 2.21. The Morgan fingerprint density at radius 3 is 2.84 bits per heavy atom. The molecule has 2 aliphatic heterocycles. The van der Waals surface area contributed by atoms with Gasteiger partial charge in [-0.2, -0.15) is 8.42 Å². The maximum atomic E-state index is 12.5. The molecule has 0 saturated carbocycles. The summed E-state index contributed by atoms with van der Waals surface area (Å²) in [5, 5.41) is 0. The van der Waals surface area contributed by atoms with Crippen LogP contribution < -0.4 is 4.90 Å². The summed E-state index contributed by atoms with van der Waals surface area (Å²) >= 11 is 0. The number of carbonyl (C=O) groups excluding carboxylic acids is 1. The molecule has 1 aromatic rings. The summed E-state index contributed by atoms with van der Waals surface area (Å²) in [6, 6.07) is 5.60. The lowest BCUT2D eigenvalue weighted by Gasteiger charge is -2.26. The third-order valence-electron chi connectivity index (χ3n) is 4.00. The van der Waals surface area contributed by atoms with E-state index in [0.29, 0.717) is 12.1 Å². The monoisotopic (exact) mass is 281 g/mol. The van der Waals surface area contributed by atoms with Gasteiger partial charge in [-0.1, -0.05) is 18.2 Å². The van der Waals surface area contributed by atoms with E-state index in [9.17, 15) is 13.2 Å². The van der Waals surface area contributed by atoms with Crippen molar-refractivity contribution in [2.75, 3.05) is 17.2 Å². The smallest absolute Gasteiger partial charge is 0.266 e. The number of hydrogen-bond donors (Lipinski definition) is 1. The van der Waals surface area contributed by atoms with Gasteiger partial charge in [0.2, 0.25) is 5.91 Å². The Morgan fingerprint density at radius 2 is 2.16 bits per heavy atom. The van der Waals surface area contributed by atoms with Crippen molar-refractivity contribution in [3.05, 3.63) is 29.3 Å². The highest BCUT2D eigenvalue weighted by atomic mass is 32.2. The molecule has 5 nitrogen and oxygen atoms in total. The molecule has 1 amide bonds.